The van der Waals surface area contributed by atoms with Gasteiger partial charge in [-0.2, -0.15) is 0 Å². The lowest BCUT2D eigenvalue weighted by molar-refractivity contribution is 0.501. The molecule has 2 aromatic heterocycles. The zero-order valence-corrected chi connectivity index (χ0v) is 11.0. The van der Waals surface area contributed by atoms with E-state index in [-0.39, 0.29) is 0 Å². The van der Waals surface area contributed by atoms with Crippen LogP contribution >= 0.6 is 15.9 Å². The Bertz CT molecular complexity index is 504. The molecule has 0 saturated carbocycles. The van der Waals surface area contributed by atoms with E-state index in [1.807, 2.05) is 12.1 Å². The number of nitrogens with one attached hydrogen (secondary N) is 1. The van der Waals surface area contributed by atoms with Crippen LogP contribution in [0.1, 0.15) is 18.0 Å². The summed E-state index contributed by atoms with van der Waals surface area (Å²) in [5.41, 5.74) is 0. The lowest BCUT2D eigenvalue weighted by Crippen LogP contribution is -2.18. The average Bonchev–Trinajstić information content (AvgIpc) is 2.96. The van der Waals surface area contributed by atoms with Gasteiger partial charge in [-0.15, -0.1) is 0 Å². The van der Waals surface area contributed by atoms with Gasteiger partial charge in [0.2, 0.25) is 0 Å². The van der Waals surface area contributed by atoms with Crippen molar-refractivity contribution in [1.29, 1.82) is 0 Å². The van der Waals surface area contributed by atoms with Crippen LogP contribution in [0, 0.1) is 0 Å². The molecule has 1 N–H and O–H groups in total. The average molecular weight is 296 g/mol. The van der Waals surface area contributed by atoms with Crippen LogP contribution in [0.5, 0.6) is 0 Å². The number of hydrogen-bond acceptors (Lipinski definition) is 3. The van der Waals surface area contributed by atoms with Crippen LogP contribution in [-0.2, 0) is 19.4 Å². The summed E-state index contributed by atoms with van der Waals surface area (Å²) >= 11 is 3.50. The second kappa shape index (κ2) is 4.56. The fourth-order valence-electron chi connectivity index (χ4n) is 2.20. The first-order valence-electron chi connectivity index (χ1n) is 5.86. The highest BCUT2D eigenvalue weighted by atomic mass is 79.9. The smallest absolute Gasteiger partial charge is 0.148 e. The SMILES string of the molecule is Brc1nc(CCc2ccco2)n2c1NCCC2. The fourth-order valence-corrected chi connectivity index (χ4v) is 2.76. The molecule has 0 radical (unpaired) electrons. The molecule has 3 heterocycles. The van der Waals surface area contributed by atoms with Crippen molar-refractivity contribution in [2.45, 2.75) is 25.8 Å². The predicted octanol–water partition coefficient (Wildman–Crippen LogP) is 2.84. The highest BCUT2D eigenvalue weighted by Gasteiger charge is 2.17. The molecule has 0 fully saturated rings. The molecule has 3 rings (SSSR count). The molecule has 0 amide bonds. The zero-order valence-electron chi connectivity index (χ0n) is 9.45. The third-order valence-corrected chi connectivity index (χ3v) is 3.58. The van der Waals surface area contributed by atoms with Gasteiger partial charge < -0.3 is 14.3 Å². The fraction of sp³-hybridized carbons (Fsp3) is 0.417. The standard InChI is InChI=1S/C12H14BrN3O/c13-11-12-14-6-2-7-16(12)10(15-11)5-4-9-3-1-8-17-9/h1,3,8,14H,2,4-7H2. The first-order chi connectivity index (χ1) is 8.34. The molecule has 90 valence electrons. The van der Waals surface area contributed by atoms with Gasteiger partial charge in [-0.3, -0.25) is 0 Å². The van der Waals surface area contributed by atoms with Crippen molar-refractivity contribution in [2.24, 2.45) is 0 Å². The summed E-state index contributed by atoms with van der Waals surface area (Å²) in [6.07, 6.45) is 4.68. The van der Waals surface area contributed by atoms with Gasteiger partial charge >= 0.3 is 0 Å². The summed E-state index contributed by atoms with van der Waals surface area (Å²) in [6.45, 7) is 2.08. The first kappa shape index (κ1) is 10.9. The van der Waals surface area contributed by atoms with Crippen molar-refractivity contribution in [3.63, 3.8) is 0 Å². The number of aromatic nitrogens is 2. The Morgan fingerprint density at radius 3 is 3.24 bits per heavy atom. The van der Waals surface area contributed by atoms with Gasteiger partial charge in [0.1, 0.15) is 22.0 Å². The summed E-state index contributed by atoms with van der Waals surface area (Å²) in [6, 6.07) is 3.93. The van der Waals surface area contributed by atoms with Gasteiger partial charge in [0, 0.05) is 25.9 Å². The van der Waals surface area contributed by atoms with E-state index in [9.17, 15) is 0 Å². The van der Waals surface area contributed by atoms with Crippen LogP contribution in [0.25, 0.3) is 0 Å². The first-order valence-corrected chi connectivity index (χ1v) is 6.65. The quantitative estimate of drug-likeness (QED) is 0.947. The van der Waals surface area contributed by atoms with Crippen LogP contribution in [-0.4, -0.2) is 16.1 Å². The molecule has 0 saturated heterocycles. The van der Waals surface area contributed by atoms with Crippen molar-refractivity contribution in [3.8, 4) is 0 Å². The lowest BCUT2D eigenvalue weighted by Gasteiger charge is -2.18. The Morgan fingerprint density at radius 1 is 1.47 bits per heavy atom. The molecular weight excluding hydrogens is 282 g/mol. The Kier molecular flexibility index (Phi) is 2.93. The lowest BCUT2D eigenvalue weighted by atomic mass is 10.2. The van der Waals surface area contributed by atoms with Gasteiger partial charge in [0.25, 0.3) is 0 Å². The molecule has 0 atom stereocenters. The van der Waals surface area contributed by atoms with E-state index >= 15 is 0 Å². The molecule has 5 heteroatoms. The molecule has 1 aliphatic heterocycles. The molecule has 4 nitrogen and oxygen atoms in total. The zero-order chi connectivity index (χ0) is 11.7. The minimum Gasteiger partial charge on any atom is -0.469 e. The van der Waals surface area contributed by atoms with E-state index in [0.29, 0.717) is 0 Å². The van der Waals surface area contributed by atoms with Crippen molar-refractivity contribution >= 4 is 21.7 Å². The maximum absolute atomic E-state index is 5.34. The number of hydrogen-bond donors (Lipinski definition) is 1. The number of aryl methyl sites for hydroxylation is 2. The monoisotopic (exact) mass is 295 g/mol. The number of nitrogens with zero attached hydrogens (tertiary/aromatic N) is 2. The van der Waals surface area contributed by atoms with Crippen LogP contribution < -0.4 is 5.32 Å². The maximum Gasteiger partial charge on any atom is 0.148 e. The summed E-state index contributed by atoms with van der Waals surface area (Å²) in [5, 5.41) is 3.37. The van der Waals surface area contributed by atoms with Crippen molar-refractivity contribution < 1.29 is 4.42 Å². The second-order valence-electron chi connectivity index (χ2n) is 4.18. The minimum absolute atomic E-state index is 0.899. The molecule has 0 aromatic carbocycles. The highest BCUT2D eigenvalue weighted by molar-refractivity contribution is 9.10. The Hall–Kier alpha value is -1.23. The van der Waals surface area contributed by atoms with Gasteiger partial charge in [0.15, 0.2) is 0 Å². The third kappa shape index (κ3) is 2.11. The summed E-state index contributed by atoms with van der Waals surface area (Å²) in [4.78, 5) is 4.57. The van der Waals surface area contributed by atoms with E-state index in [4.69, 9.17) is 4.42 Å². The second-order valence-corrected chi connectivity index (χ2v) is 4.93. The summed E-state index contributed by atoms with van der Waals surface area (Å²) in [5.74, 6) is 3.25. The van der Waals surface area contributed by atoms with Crippen molar-refractivity contribution in [2.75, 3.05) is 11.9 Å². The van der Waals surface area contributed by atoms with Crippen LogP contribution in [0.15, 0.2) is 27.4 Å². The topological polar surface area (TPSA) is 43.0 Å². The van der Waals surface area contributed by atoms with E-state index in [1.165, 1.54) is 0 Å². The molecule has 0 spiro atoms. The number of fused-ring (bicyclic) bond motifs is 1. The Balaban J connectivity index is 1.79. The number of rotatable bonds is 3. The summed E-state index contributed by atoms with van der Waals surface area (Å²) in [7, 11) is 0. The van der Waals surface area contributed by atoms with E-state index in [0.717, 1.165) is 54.4 Å². The third-order valence-electron chi connectivity index (χ3n) is 3.03. The molecule has 0 aliphatic carbocycles. The van der Waals surface area contributed by atoms with E-state index in [1.54, 1.807) is 6.26 Å². The number of furan rings is 1. The summed E-state index contributed by atoms with van der Waals surface area (Å²) < 4.78 is 8.52. The molecular formula is C12H14BrN3O. The Morgan fingerprint density at radius 2 is 2.41 bits per heavy atom. The number of imidazole rings is 1. The number of halogens is 1. The molecule has 0 bridgehead atoms. The number of anilines is 1. The van der Waals surface area contributed by atoms with E-state index < -0.39 is 0 Å². The largest absolute Gasteiger partial charge is 0.469 e. The highest BCUT2D eigenvalue weighted by Crippen LogP contribution is 2.27. The van der Waals surface area contributed by atoms with Crippen molar-refractivity contribution in [3.05, 3.63) is 34.6 Å². The van der Waals surface area contributed by atoms with Crippen LogP contribution in [0.3, 0.4) is 0 Å². The normalized spacial score (nSPS) is 14.4. The molecule has 2 aromatic rings. The van der Waals surface area contributed by atoms with Gasteiger partial charge in [-0.1, -0.05) is 0 Å². The molecule has 0 unspecified atom stereocenters. The van der Waals surface area contributed by atoms with E-state index in [2.05, 4.69) is 30.8 Å². The van der Waals surface area contributed by atoms with Gasteiger partial charge in [0.05, 0.1) is 6.26 Å². The Labute approximate surface area is 108 Å². The molecule has 17 heavy (non-hydrogen) atoms. The van der Waals surface area contributed by atoms with Crippen LogP contribution in [0.4, 0.5) is 5.82 Å². The van der Waals surface area contributed by atoms with Gasteiger partial charge in [-0.05, 0) is 34.5 Å². The maximum atomic E-state index is 5.34. The minimum atomic E-state index is 0.899. The predicted molar refractivity (Wildman–Crippen MR) is 69.1 cm³/mol. The van der Waals surface area contributed by atoms with Crippen molar-refractivity contribution in [1.82, 2.24) is 9.55 Å². The van der Waals surface area contributed by atoms with Gasteiger partial charge in [-0.25, -0.2) is 4.98 Å². The molecule has 1 aliphatic rings. The van der Waals surface area contributed by atoms with Crippen LogP contribution in [0.2, 0.25) is 0 Å².